The molecule has 1 aromatic carbocycles. The SMILES string of the molecule is Cn1ccnc1-c1cccc(-c2ncnc(C(C)(C)C)n2)c1. The third-order valence-electron chi connectivity index (χ3n) is 3.44. The highest BCUT2D eigenvalue weighted by atomic mass is 15.0. The summed E-state index contributed by atoms with van der Waals surface area (Å²) in [7, 11) is 1.98. The molecule has 0 amide bonds. The highest BCUT2D eigenvalue weighted by Gasteiger charge is 2.18. The fourth-order valence-electron chi connectivity index (χ4n) is 2.24. The number of benzene rings is 1. The van der Waals surface area contributed by atoms with Gasteiger partial charge in [0.15, 0.2) is 5.82 Å². The minimum atomic E-state index is -0.102. The summed E-state index contributed by atoms with van der Waals surface area (Å²) in [6, 6.07) is 8.11. The molecule has 2 aromatic heterocycles. The molecule has 0 aliphatic carbocycles. The molecule has 0 fully saturated rings. The van der Waals surface area contributed by atoms with Crippen LogP contribution in [0.3, 0.4) is 0 Å². The first kappa shape index (κ1) is 14.4. The van der Waals surface area contributed by atoms with Crippen LogP contribution in [0.5, 0.6) is 0 Å². The lowest BCUT2D eigenvalue weighted by Gasteiger charge is -2.16. The van der Waals surface area contributed by atoms with E-state index in [0.717, 1.165) is 22.8 Å². The van der Waals surface area contributed by atoms with Crippen LogP contribution in [0.15, 0.2) is 43.0 Å². The first-order chi connectivity index (χ1) is 10.4. The Morgan fingerprint density at radius 1 is 1.00 bits per heavy atom. The Morgan fingerprint density at radius 3 is 2.45 bits per heavy atom. The Kier molecular flexibility index (Phi) is 3.48. The molecule has 0 aliphatic rings. The molecule has 0 N–H and O–H groups in total. The summed E-state index contributed by atoms with van der Waals surface area (Å²) in [5.41, 5.74) is 1.91. The van der Waals surface area contributed by atoms with E-state index in [1.807, 2.05) is 36.0 Å². The van der Waals surface area contributed by atoms with Gasteiger partial charge in [-0.3, -0.25) is 0 Å². The topological polar surface area (TPSA) is 56.5 Å². The second kappa shape index (κ2) is 5.33. The van der Waals surface area contributed by atoms with Gasteiger partial charge in [0, 0.05) is 36.0 Å². The summed E-state index contributed by atoms with van der Waals surface area (Å²) >= 11 is 0. The minimum Gasteiger partial charge on any atom is -0.334 e. The van der Waals surface area contributed by atoms with Crippen molar-refractivity contribution in [1.82, 2.24) is 24.5 Å². The molecule has 0 spiro atoms. The zero-order chi connectivity index (χ0) is 15.7. The standard InChI is InChI=1S/C17H19N5/c1-17(2,3)16-20-11-19-14(21-16)12-6-5-7-13(10-12)15-18-8-9-22(15)4/h5-11H,1-4H3. The highest BCUT2D eigenvalue weighted by Crippen LogP contribution is 2.24. The van der Waals surface area contributed by atoms with Crippen molar-refractivity contribution >= 4 is 0 Å². The fraction of sp³-hybridized carbons (Fsp3) is 0.294. The van der Waals surface area contributed by atoms with Gasteiger partial charge in [0.25, 0.3) is 0 Å². The monoisotopic (exact) mass is 293 g/mol. The summed E-state index contributed by atoms with van der Waals surface area (Å²) in [6.07, 6.45) is 5.31. The first-order valence-corrected chi connectivity index (χ1v) is 7.23. The summed E-state index contributed by atoms with van der Waals surface area (Å²) in [4.78, 5) is 17.6. The van der Waals surface area contributed by atoms with Gasteiger partial charge in [-0.1, -0.05) is 39.0 Å². The molecule has 22 heavy (non-hydrogen) atoms. The molecule has 5 nitrogen and oxygen atoms in total. The van der Waals surface area contributed by atoms with Gasteiger partial charge >= 0.3 is 0 Å². The number of hydrogen-bond donors (Lipinski definition) is 0. The van der Waals surface area contributed by atoms with E-state index < -0.39 is 0 Å². The molecule has 0 radical (unpaired) electrons. The fourth-order valence-corrected chi connectivity index (χ4v) is 2.24. The summed E-state index contributed by atoms with van der Waals surface area (Å²) < 4.78 is 1.99. The molecule has 0 aliphatic heterocycles. The maximum absolute atomic E-state index is 4.61. The molecular weight excluding hydrogens is 274 g/mol. The van der Waals surface area contributed by atoms with Gasteiger partial charge in [-0.25, -0.2) is 19.9 Å². The lowest BCUT2D eigenvalue weighted by Crippen LogP contribution is -2.16. The molecule has 3 rings (SSSR count). The Balaban J connectivity index is 2.05. The van der Waals surface area contributed by atoms with Crippen molar-refractivity contribution in [3.8, 4) is 22.8 Å². The smallest absolute Gasteiger partial charge is 0.163 e. The van der Waals surface area contributed by atoms with Crippen LogP contribution in [0, 0.1) is 0 Å². The van der Waals surface area contributed by atoms with E-state index in [-0.39, 0.29) is 5.41 Å². The molecular formula is C17H19N5. The van der Waals surface area contributed by atoms with E-state index in [2.05, 4.69) is 46.8 Å². The van der Waals surface area contributed by atoms with Gasteiger partial charge in [0.05, 0.1) is 0 Å². The predicted octanol–water partition coefficient (Wildman–Crippen LogP) is 3.24. The quantitative estimate of drug-likeness (QED) is 0.728. The van der Waals surface area contributed by atoms with Crippen molar-refractivity contribution in [1.29, 1.82) is 0 Å². The molecule has 2 heterocycles. The van der Waals surface area contributed by atoms with Gasteiger partial charge in [-0.05, 0) is 6.07 Å². The Bertz CT molecular complexity index is 799. The average Bonchev–Trinajstić information content (AvgIpc) is 2.93. The largest absolute Gasteiger partial charge is 0.334 e. The second-order valence-corrected chi connectivity index (χ2v) is 6.33. The highest BCUT2D eigenvalue weighted by molar-refractivity contribution is 5.66. The Morgan fingerprint density at radius 2 is 1.77 bits per heavy atom. The van der Waals surface area contributed by atoms with Gasteiger partial charge in [0.2, 0.25) is 0 Å². The number of hydrogen-bond acceptors (Lipinski definition) is 4. The normalized spacial score (nSPS) is 11.6. The second-order valence-electron chi connectivity index (χ2n) is 6.33. The van der Waals surface area contributed by atoms with Gasteiger partial charge in [0.1, 0.15) is 18.0 Å². The van der Waals surface area contributed by atoms with Crippen LogP contribution in [0.1, 0.15) is 26.6 Å². The number of nitrogens with zero attached hydrogens (tertiary/aromatic N) is 5. The third-order valence-corrected chi connectivity index (χ3v) is 3.44. The van der Waals surface area contributed by atoms with Crippen molar-refractivity contribution < 1.29 is 0 Å². The number of aromatic nitrogens is 5. The van der Waals surface area contributed by atoms with E-state index >= 15 is 0 Å². The van der Waals surface area contributed by atoms with Crippen molar-refractivity contribution in [2.45, 2.75) is 26.2 Å². The molecule has 3 aromatic rings. The first-order valence-electron chi connectivity index (χ1n) is 7.23. The predicted molar refractivity (Wildman–Crippen MR) is 86.2 cm³/mol. The van der Waals surface area contributed by atoms with E-state index in [1.165, 1.54) is 0 Å². The molecule has 5 heteroatoms. The lowest BCUT2D eigenvalue weighted by molar-refractivity contribution is 0.542. The summed E-state index contributed by atoms with van der Waals surface area (Å²) in [6.45, 7) is 6.28. The molecule has 0 atom stereocenters. The van der Waals surface area contributed by atoms with Crippen LogP contribution < -0.4 is 0 Å². The van der Waals surface area contributed by atoms with Gasteiger partial charge < -0.3 is 4.57 Å². The zero-order valence-corrected chi connectivity index (χ0v) is 13.3. The number of imidazole rings is 1. The van der Waals surface area contributed by atoms with E-state index in [0.29, 0.717) is 5.82 Å². The number of rotatable bonds is 2. The maximum Gasteiger partial charge on any atom is 0.163 e. The van der Waals surface area contributed by atoms with Crippen molar-refractivity contribution in [2.75, 3.05) is 0 Å². The molecule has 0 bridgehead atoms. The van der Waals surface area contributed by atoms with Crippen LogP contribution in [-0.4, -0.2) is 24.5 Å². The van der Waals surface area contributed by atoms with E-state index in [1.54, 1.807) is 12.5 Å². The van der Waals surface area contributed by atoms with E-state index in [4.69, 9.17) is 0 Å². The van der Waals surface area contributed by atoms with Crippen LogP contribution in [0.2, 0.25) is 0 Å². The summed E-state index contributed by atoms with van der Waals surface area (Å²) in [5, 5.41) is 0. The van der Waals surface area contributed by atoms with Crippen LogP contribution >= 0.6 is 0 Å². The van der Waals surface area contributed by atoms with Crippen molar-refractivity contribution in [2.24, 2.45) is 7.05 Å². The molecule has 0 unspecified atom stereocenters. The molecule has 0 saturated carbocycles. The van der Waals surface area contributed by atoms with Crippen LogP contribution in [0.25, 0.3) is 22.8 Å². The summed E-state index contributed by atoms with van der Waals surface area (Å²) in [5.74, 6) is 2.41. The van der Waals surface area contributed by atoms with E-state index in [9.17, 15) is 0 Å². The minimum absolute atomic E-state index is 0.102. The third kappa shape index (κ3) is 2.74. The van der Waals surface area contributed by atoms with Gasteiger partial charge in [-0.2, -0.15) is 0 Å². The average molecular weight is 293 g/mol. The Labute approximate surface area is 130 Å². The Hall–Kier alpha value is -2.56. The maximum atomic E-state index is 4.61. The van der Waals surface area contributed by atoms with Crippen molar-refractivity contribution in [3.05, 3.63) is 48.8 Å². The van der Waals surface area contributed by atoms with Crippen LogP contribution in [0.4, 0.5) is 0 Å². The van der Waals surface area contributed by atoms with Crippen LogP contribution in [-0.2, 0) is 12.5 Å². The number of aryl methyl sites for hydroxylation is 1. The molecule has 112 valence electrons. The zero-order valence-electron chi connectivity index (χ0n) is 13.3. The molecule has 0 saturated heterocycles. The van der Waals surface area contributed by atoms with Crippen molar-refractivity contribution in [3.63, 3.8) is 0 Å². The lowest BCUT2D eigenvalue weighted by atomic mass is 9.96. The van der Waals surface area contributed by atoms with Gasteiger partial charge in [-0.15, -0.1) is 0 Å².